The van der Waals surface area contributed by atoms with Gasteiger partial charge in [0, 0.05) is 24.0 Å². The fourth-order valence-corrected chi connectivity index (χ4v) is 2.63. The van der Waals surface area contributed by atoms with E-state index in [0.717, 1.165) is 30.6 Å². The molecular weight excluding hydrogens is 236 g/mol. The Hall–Kier alpha value is -1.87. The topological polar surface area (TPSA) is 48.1 Å². The number of ether oxygens (including phenoxy) is 1. The molecule has 1 heterocycles. The normalized spacial score (nSPS) is 17.8. The highest BCUT2D eigenvalue weighted by molar-refractivity contribution is 5.43. The summed E-state index contributed by atoms with van der Waals surface area (Å²) >= 11 is 0. The summed E-state index contributed by atoms with van der Waals surface area (Å²) in [5, 5.41) is 0. The molecule has 3 rings (SSSR count). The standard InChI is InChI=1S/C16H18N2O/c17-15-7-1-6-14-13(15)5-2-8-16(14)19-11-12-4-3-9-18-10-12/h2-5,8-10,15H,1,6-7,11,17H2. The third-order valence-corrected chi connectivity index (χ3v) is 3.63. The Balaban J connectivity index is 1.80. The number of hydrogen-bond donors (Lipinski definition) is 1. The largest absolute Gasteiger partial charge is 0.489 e. The molecular formula is C16H18N2O. The highest BCUT2D eigenvalue weighted by Crippen LogP contribution is 2.34. The molecule has 1 atom stereocenters. The Kier molecular flexibility index (Phi) is 3.47. The van der Waals surface area contributed by atoms with Gasteiger partial charge in [-0.25, -0.2) is 0 Å². The Morgan fingerprint density at radius 1 is 1.26 bits per heavy atom. The van der Waals surface area contributed by atoms with E-state index < -0.39 is 0 Å². The predicted octanol–water partition coefficient (Wildman–Crippen LogP) is 3.00. The SMILES string of the molecule is NC1CCCc2c(OCc3cccnc3)cccc21. The van der Waals surface area contributed by atoms with Crippen LogP contribution in [0.1, 0.15) is 35.6 Å². The van der Waals surface area contributed by atoms with Crippen molar-refractivity contribution in [3.63, 3.8) is 0 Å². The zero-order chi connectivity index (χ0) is 13.1. The highest BCUT2D eigenvalue weighted by atomic mass is 16.5. The van der Waals surface area contributed by atoms with Gasteiger partial charge in [0.25, 0.3) is 0 Å². The van der Waals surface area contributed by atoms with Crippen LogP contribution in [0.5, 0.6) is 5.75 Å². The Morgan fingerprint density at radius 3 is 3.05 bits per heavy atom. The molecule has 0 bridgehead atoms. The number of aromatic nitrogens is 1. The Morgan fingerprint density at radius 2 is 2.21 bits per heavy atom. The van der Waals surface area contributed by atoms with Crippen LogP contribution < -0.4 is 10.5 Å². The fraction of sp³-hybridized carbons (Fsp3) is 0.312. The van der Waals surface area contributed by atoms with Crippen molar-refractivity contribution in [3.05, 3.63) is 59.4 Å². The van der Waals surface area contributed by atoms with Gasteiger partial charge in [0.15, 0.2) is 0 Å². The third-order valence-electron chi connectivity index (χ3n) is 3.63. The van der Waals surface area contributed by atoms with Gasteiger partial charge in [0.05, 0.1) is 0 Å². The van der Waals surface area contributed by atoms with Gasteiger partial charge >= 0.3 is 0 Å². The van der Waals surface area contributed by atoms with Crippen LogP contribution in [0.4, 0.5) is 0 Å². The number of hydrogen-bond acceptors (Lipinski definition) is 3. The number of fused-ring (bicyclic) bond motifs is 1. The lowest BCUT2D eigenvalue weighted by Gasteiger charge is -2.24. The average molecular weight is 254 g/mol. The maximum Gasteiger partial charge on any atom is 0.123 e. The number of pyridine rings is 1. The average Bonchev–Trinajstić information content (AvgIpc) is 2.47. The first-order valence-electron chi connectivity index (χ1n) is 6.73. The molecule has 0 fully saturated rings. The lowest BCUT2D eigenvalue weighted by atomic mass is 9.87. The molecule has 1 aliphatic rings. The lowest BCUT2D eigenvalue weighted by molar-refractivity contribution is 0.300. The van der Waals surface area contributed by atoms with Crippen molar-refractivity contribution in [2.24, 2.45) is 5.73 Å². The van der Waals surface area contributed by atoms with Crippen LogP contribution in [0, 0.1) is 0 Å². The molecule has 0 saturated heterocycles. The van der Waals surface area contributed by atoms with E-state index in [1.54, 1.807) is 6.20 Å². The van der Waals surface area contributed by atoms with Crippen LogP contribution in [-0.4, -0.2) is 4.98 Å². The molecule has 1 aliphatic carbocycles. The van der Waals surface area contributed by atoms with E-state index in [9.17, 15) is 0 Å². The van der Waals surface area contributed by atoms with E-state index in [0.29, 0.717) is 6.61 Å². The summed E-state index contributed by atoms with van der Waals surface area (Å²) in [6.07, 6.45) is 6.88. The van der Waals surface area contributed by atoms with Crippen molar-refractivity contribution in [3.8, 4) is 5.75 Å². The Bertz CT molecular complexity index is 554. The van der Waals surface area contributed by atoms with Gasteiger partial charge in [0.1, 0.15) is 12.4 Å². The molecule has 0 amide bonds. The number of nitrogens with two attached hydrogens (primary N) is 1. The minimum atomic E-state index is 0.158. The van der Waals surface area contributed by atoms with Crippen molar-refractivity contribution in [1.82, 2.24) is 4.98 Å². The second-order valence-corrected chi connectivity index (χ2v) is 4.97. The summed E-state index contributed by atoms with van der Waals surface area (Å²) < 4.78 is 5.94. The highest BCUT2D eigenvalue weighted by Gasteiger charge is 2.19. The van der Waals surface area contributed by atoms with Gasteiger partial charge in [-0.2, -0.15) is 0 Å². The van der Waals surface area contributed by atoms with E-state index in [4.69, 9.17) is 10.5 Å². The smallest absolute Gasteiger partial charge is 0.123 e. The summed E-state index contributed by atoms with van der Waals surface area (Å²) in [6, 6.07) is 10.3. The zero-order valence-electron chi connectivity index (χ0n) is 10.9. The van der Waals surface area contributed by atoms with Gasteiger partial charge < -0.3 is 10.5 Å². The van der Waals surface area contributed by atoms with Gasteiger partial charge in [-0.15, -0.1) is 0 Å². The molecule has 3 heteroatoms. The summed E-state index contributed by atoms with van der Waals surface area (Å²) in [4.78, 5) is 4.10. The van der Waals surface area contributed by atoms with Crippen molar-refractivity contribution >= 4 is 0 Å². The van der Waals surface area contributed by atoms with E-state index in [-0.39, 0.29) is 6.04 Å². The van der Waals surface area contributed by atoms with E-state index in [1.807, 2.05) is 30.5 Å². The molecule has 0 radical (unpaired) electrons. The van der Waals surface area contributed by atoms with Crippen LogP contribution >= 0.6 is 0 Å². The maximum absolute atomic E-state index is 6.16. The molecule has 3 nitrogen and oxygen atoms in total. The first-order chi connectivity index (χ1) is 9.34. The molecule has 1 unspecified atom stereocenters. The molecule has 1 aromatic heterocycles. The summed E-state index contributed by atoms with van der Waals surface area (Å²) in [6.45, 7) is 0.555. The first-order valence-corrected chi connectivity index (χ1v) is 6.73. The van der Waals surface area contributed by atoms with Crippen LogP contribution in [0.2, 0.25) is 0 Å². The van der Waals surface area contributed by atoms with Crippen LogP contribution in [-0.2, 0) is 13.0 Å². The van der Waals surface area contributed by atoms with Crippen molar-refractivity contribution in [2.45, 2.75) is 31.9 Å². The monoisotopic (exact) mass is 254 g/mol. The van der Waals surface area contributed by atoms with Gasteiger partial charge in [0.2, 0.25) is 0 Å². The number of benzene rings is 1. The quantitative estimate of drug-likeness (QED) is 0.916. The minimum Gasteiger partial charge on any atom is -0.489 e. The van der Waals surface area contributed by atoms with E-state index in [2.05, 4.69) is 11.1 Å². The van der Waals surface area contributed by atoms with Crippen LogP contribution in [0.15, 0.2) is 42.7 Å². The van der Waals surface area contributed by atoms with E-state index >= 15 is 0 Å². The molecule has 2 N–H and O–H groups in total. The van der Waals surface area contributed by atoms with Gasteiger partial charge in [-0.05, 0) is 42.5 Å². The van der Waals surface area contributed by atoms with Crippen molar-refractivity contribution in [1.29, 1.82) is 0 Å². The fourth-order valence-electron chi connectivity index (χ4n) is 2.63. The minimum absolute atomic E-state index is 0.158. The van der Waals surface area contributed by atoms with Crippen molar-refractivity contribution < 1.29 is 4.74 Å². The van der Waals surface area contributed by atoms with Gasteiger partial charge in [-0.1, -0.05) is 18.2 Å². The third kappa shape index (κ3) is 2.61. The van der Waals surface area contributed by atoms with Crippen LogP contribution in [0.3, 0.4) is 0 Å². The molecule has 0 saturated carbocycles. The second-order valence-electron chi connectivity index (χ2n) is 4.97. The molecule has 98 valence electrons. The maximum atomic E-state index is 6.16. The van der Waals surface area contributed by atoms with E-state index in [1.165, 1.54) is 11.1 Å². The first kappa shape index (κ1) is 12.2. The van der Waals surface area contributed by atoms with Crippen molar-refractivity contribution in [2.75, 3.05) is 0 Å². The summed E-state index contributed by atoms with van der Waals surface area (Å²) in [5.74, 6) is 0.969. The second kappa shape index (κ2) is 5.41. The molecule has 19 heavy (non-hydrogen) atoms. The number of nitrogens with zero attached hydrogens (tertiary/aromatic N) is 1. The van der Waals surface area contributed by atoms with Crippen LogP contribution in [0.25, 0.3) is 0 Å². The zero-order valence-corrected chi connectivity index (χ0v) is 10.9. The predicted molar refractivity (Wildman–Crippen MR) is 74.9 cm³/mol. The lowest BCUT2D eigenvalue weighted by Crippen LogP contribution is -2.18. The summed E-state index contributed by atoms with van der Waals surface area (Å²) in [7, 11) is 0. The number of rotatable bonds is 3. The van der Waals surface area contributed by atoms with Gasteiger partial charge in [-0.3, -0.25) is 4.98 Å². The summed E-state index contributed by atoms with van der Waals surface area (Å²) in [5.41, 5.74) is 9.77. The molecule has 0 spiro atoms. The molecule has 1 aromatic carbocycles. The molecule has 2 aromatic rings. The molecule has 0 aliphatic heterocycles. The Labute approximate surface area is 113 Å².